The topological polar surface area (TPSA) is 55.8 Å². The van der Waals surface area contributed by atoms with Gasteiger partial charge in [0, 0.05) is 13.1 Å². The van der Waals surface area contributed by atoms with Gasteiger partial charge in [-0.3, -0.25) is 14.5 Å². The molecule has 1 heterocycles. The van der Waals surface area contributed by atoms with Crippen molar-refractivity contribution >= 4 is 11.9 Å². The third kappa shape index (κ3) is 3.06. The monoisotopic (exact) mass is 241 g/mol. The summed E-state index contributed by atoms with van der Waals surface area (Å²) in [5.74, 6) is -1.14. The number of hydrogen-bond acceptors (Lipinski definition) is 5. The second-order valence-electron chi connectivity index (χ2n) is 3.90. The van der Waals surface area contributed by atoms with E-state index in [4.69, 9.17) is 9.47 Å². The number of esters is 2. The summed E-state index contributed by atoms with van der Waals surface area (Å²) in [6.45, 7) is 6.94. The molecule has 0 aromatic carbocycles. The number of carbonyl (C=O) groups is 2. The Morgan fingerprint density at radius 2 is 2.18 bits per heavy atom. The van der Waals surface area contributed by atoms with Gasteiger partial charge >= 0.3 is 11.9 Å². The molecule has 0 saturated carbocycles. The van der Waals surface area contributed by atoms with Crippen LogP contribution >= 0.6 is 0 Å². The zero-order chi connectivity index (χ0) is 12.8. The van der Waals surface area contributed by atoms with E-state index in [1.54, 1.807) is 13.0 Å². The molecule has 0 N–H and O–H groups in total. The molecule has 1 fully saturated rings. The van der Waals surface area contributed by atoms with Crippen molar-refractivity contribution in [2.24, 2.45) is 5.92 Å². The maximum Gasteiger partial charge on any atom is 0.324 e. The molecule has 5 nitrogen and oxygen atoms in total. The Kier molecular flexibility index (Phi) is 5.15. The van der Waals surface area contributed by atoms with Crippen LogP contribution in [0.15, 0.2) is 12.7 Å². The third-order valence-electron chi connectivity index (χ3n) is 2.90. The highest BCUT2D eigenvalue weighted by Crippen LogP contribution is 2.26. The van der Waals surface area contributed by atoms with Crippen LogP contribution in [0.25, 0.3) is 0 Å². The van der Waals surface area contributed by atoms with Crippen LogP contribution in [0.4, 0.5) is 0 Å². The number of likely N-dealkylation sites (tertiary alicyclic amines) is 1. The minimum Gasteiger partial charge on any atom is -0.469 e. The minimum atomic E-state index is -0.541. The van der Waals surface area contributed by atoms with E-state index in [0.717, 1.165) is 0 Å². The summed E-state index contributed by atoms with van der Waals surface area (Å²) in [4.78, 5) is 25.4. The molecule has 1 saturated heterocycles. The summed E-state index contributed by atoms with van der Waals surface area (Å²) in [5.41, 5.74) is 0. The number of carbonyl (C=O) groups excluding carboxylic acids is 2. The van der Waals surface area contributed by atoms with E-state index in [0.29, 0.717) is 26.1 Å². The first-order valence-electron chi connectivity index (χ1n) is 5.75. The molecule has 0 radical (unpaired) electrons. The highest BCUT2D eigenvalue weighted by molar-refractivity contribution is 5.85. The molecule has 0 aromatic heterocycles. The standard InChI is InChI=1S/C12H19NO4/c1-4-7-13-8-6-9(11(14)16-3)10(13)12(15)17-5-2/h4,9-10H,1,5-8H2,2-3H3. The maximum absolute atomic E-state index is 11.9. The van der Waals surface area contributed by atoms with Crippen LogP contribution in [-0.4, -0.2) is 49.7 Å². The molecule has 0 spiro atoms. The fraction of sp³-hybridized carbons (Fsp3) is 0.667. The summed E-state index contributed by atoms with van der Waals surface area (Å²) in [7, 11) is 1.33. The molecular weight excluding hydrogens is 222 g/mol. The van der Waals surface area contributed by atoms with Crippen molar-refractivity contribution in [3.8, 4) is 0 Å². The van der Waals surface area contributed by atoms with Gasteiger partial charge in [0.05, 0.1) is 19.6 Å². The molecule has 2 unspecified atom stereocenters. The zero-order valence-electron chi connectivity index (χ0n) is 10.3. The van der Waals surface area contributed by atoms with Gasteiger partial charge in [0.15, 0.2) is 0 Å². The van der Waals surface area contributed by atoms with Gasteiger partial charge in [0.1, 0.15) is 6.04 Å². The third-order valence-corrected chi connectivity index (χ3v) is 2.90. The lowest BCUT2D eigenvalue weighted by molar-refractivity contribution is -0.157. The molecule has 0 bridgehead atoms. The predicted molar refractivity (Wildman–Crippen MR) is 62.3 cm³/mol. The van der Waals surface area contributed by atoms with Gasteiger partial charge in [0.25, 0.3) is 0 Å². The average molecular weight is 241 g/mol. The predicted octanol–water partition coefficient (Wildman–Crippen LogP) is 0.599. The smallest absolute Gasteiger partial charge is 0.324 e. The van der Waals surface area contributed by atoms with Crippen LogP contribution in [0.5, 0.6) is 0 Å². The molecule has 0 amide bonds. The van der Waals surface area contributed by atoms with Gasteiger partial charge in [-0.2, -0.15) is 0 Å². The van der Waals surface area contributed by atoms with Gasteiger partial charge < -0.3 is 9.47 Å². The average Bonchev–Trinajstić information content (AvgIpc) is 2.72. The number of ether oxygens (including phenoxy) is 2. The largest absolute Gasteiger partial charge is 0.469 e. The first-order valence-corrected chi connectivity index (χ1v) is 5.75. The molecular formula is C12H19NO4. The molecule has 5 heteroatoms. The zero-order valence-corrected chi connectivity index (χ0v) is 10.3. The number of rotatable bonds is 5. The number of methoxy groups -OCH3 is 1. The molecule has 1 rings (SSSR count). The summed E-state index contributed by atoms with van der Waals surface area (Å²) in [6.07, 6.45) is 2.33. The molecule has 0 aliphatic carbocycles. The van der Waals surface area contributed by atoms with Crippen LogP contribution < -0.4 is 0 Å². The second-order valence-corrected chi connectivity index (χ2v) is 3.90. The van der Waals surface area contributed by atoms with Crippen molar-refractivity contribution in [2.45, 2.75) is 19.4 Å². The Labute approximate surface area is 101 Å². The van der Waals surface area contributed by atoms with Crippen molar-refractivity contribution in [3.63, 3.8) is 0 Å². The first-order chi connectivity index (χ1) is 8.15. The van der Waals surface area contributed by atoms with Crippen molar-refractivity contribution in [1.82, 2.24) is 4.90 Å². The van der Waals surface area contributed by atoms with E-state index < -0.39 is 12.0 Å². The van der Waals surface area contributed by atoms with E-state index in [9.17, 15) is 9.59 Å². The van der Waals surface area contributed by atoms with Gasteiger partial charge in [-0.15, -0.1) is 6.58 Å². The second kappa shape index (κ2) is 6.39. The number of nitrogens with zero attached hydrogens (tertiary/aromatic N) is 1. The fourth-order valence-corrected chi connectivity index (χ4v) is 2.17. The van der Waals surface area contributed by atoms with Crippen LogP contribution in [0.1, 0.15) is 13.3 Å². The summed E-state index contributed by atoms with van der Waals surface area (Å²) in [5, 5.41) is 0. The van der Waals surface area contributed by atoms with Crippen molar-refractivity contribution in [1.29, 1.82) is 0 Å². The Morgan fingerprint density at radius 3 is 2.71 bits per heavy atom. The molecule has 96 valence electrons. The Balaban J connectivity index is 2.81. The quantitative estimate of drug-likeness (QED) is 0.521. The maximum atomic E-state index is 11.9. The lowest BCUT2D eigenvalue weighted by atomic mass is 10.0. The van der Waals surface area contributed by atoms with E-state index in [1.807, 2.05) is 4.90 Å². The van der Waals surface area contributed by atoms with Crippen LogP contribution in [0.2, 0.25) is 0 Å². The lowest BCUT2D eigenvalue weighted by Crippen LogP contribution is -2.43. The van der Waals surface area contributed by atoms with E-state index in [2.05, 4.69) is 6.58 Å². The van der Waals surface area contributed by atoms with Crippen molar-refractivity contribution < 1.29 is 19.1 Å². The lowest BCUT2D eigenvalue weighted by Gasteiger charge is -2.23. The van der Waals surface area contributed by atoms with Gasteiger partial charge in [-0.25, -0.2) is 0 Å². The first kappa shape index (κ1) is 13.7. The molecule has 1 aliphatic rings. The normalized spacial score (nSPS) is 24.4. The SMILES string of the molecule is C=CCN1CCC(C(=O)OC)C1C(=O)OCC. The van der Waals surface area contributed by atoms with E-state index in [1.165, 1.54) is 7.11 Å². The van der Waals surface area contributed by atoms with E-state index >= 15 is 0 Å². The van der Waals surface area contributed by atoms with Crippen LogP contribution in [-0.2, 0) is 19.1 Å². The van der Waals surface area contributed by atoms with Gasteiger partial charge in [0.2, 0.25) is 0 Å². The van der Waals surface area contributed by atoms with Crippen LogP contribution in [0.3, 0.4) is 0 Å². The van der Waals surface area contributed by atoms with E-state index in [-0.39, 0.29) is 11.9 Å². The Hall–Kier alpha value is -1.36. The Morgan fingerprint density at radius 1 is 1.47 bits per heavy atom. The number of hydrogen-bond donors (Lipinski definition) is 0. The molecule has 17 heavy (non-hydrogen) atoms. The summed E-state index contributed by atoms with van der Waals surface area (Å²) in [6, 6.07) is -0.541. The van der Waals surface area contributed by atoms with Gasteiger partial charge in [-0.1, -0.05) is 6.08 Å². The summed E-state index contributed by atoms with van der Waals surface area (Å²) < 4.78 is 9.72. The van der Waals surface area contributed by atoms with Crippen LogP contribution in [0, 0.1) is 5.92 Å². The highest BCUT2D eigenvalue weighted by atomic mass is 16.5. The molecule has 2 atom stereocenters. The summed E-state index contributed by atoms with van der Waals surface area (Å²) >= 11 is 0. The Bertz CT molecular complexity index is 303. The van der Waals surface area contributed by atoms with Crippen molar-refractivity contribution in [2.75, 3.05) is 26.8 Å². The van der Waals surface area contributed by atoms with Crippen molar-refractivity contribution in [3.05, 3.63) is 12.7 Å². The molecule has 1 aliphatic heterocycles. The van der Waals surface area contributed by atoms with Gasteiger partial charge in [-0.05, 0) is 13.3 Å². The molecule has 0 aromatic rings. The highest BCUT2D eigenvalue weighted by Gasteiger charge is 2.44. The minimum absolute atomic E-state index is 0.311. The fourth-order valence-electron chi connectivity index (χ4n) is 2.17.